The Morgan fingerprint density at radius 3 is 2.52 bits per heavy atom. The smallest absolute Gasteiger partial charge is 0.0242 e. The van der Waals surface area contributed by atoms with Crippen LogP contribution in [-0.4, -0.2) is 31.1 Å². The van der Waals surface area contributed by atoms with Gasteiger partial charge in [-0.1, -0.05) is 68.2 Å². The van der Waals surface area contributed by atoms with Crippen molar-refractivity contribution in [1.29, 1.82) is 0 Å². The summed E-state index contributed by atoms with van der Waals surface area (Å²) in [5.74, 6) is 0. The lowest BCUT2D eigenvalue weighted by molar-refractivity contribution is 0.165. The summed E-state index contributed by atoms with van der Waals surface area (Å²) in [5.41, 5.74) is 1.69. The molecule has 0 aromatic heterocycles. The number of nitrogens with zero attached hydrogens (tertiary/aromatic N) is 1. The largest absolute Gasteiger partial charge is 0.314 e. The maximum Gasteiger partial charge on any atom is 0.0242 e. The molecule has 0 fully saturated rings. The Labute approximate surface area is 139 Å². The Morgan fingerprint density at radius 1 is 1.29 bits per heavy atom. The van der Waals surface area contributed by atoms with E-state index in [2.05, 4.69) is 85.2 Å². The summed E-state index contributed by atoms with van der Waals surface area (Å²) in [6.45, 7) is 12.3. The first-order chi connectivity index (χ1) is 9.86. The second-order valence-electron chi connectivity index (χ2n) is 6.86. The van der Waals surface area contributed by atoms with Gasteiger partial charge in [0.25, 0.3) is 0 Å². The lowest BCUT2D eigenvalue weighted by Gasteiger charge is -2.35. The van der Waals surface area contributed by atoms with Gasteiger partial charge in [0, 0.05) is 30.1 Å². The number of halogens is 1. The Hall–Kier alpha value is -0.380. The average Bonchev–Trinajstić information content (AvgIpc) is 2.39. The van der Waals surface area contributed by atoms with Crippen LogP contribution in [0, 0.1) is 5.41 Å². The summed E-state index contributed by atoms with van der Waals surface area (Å²) in [6, 6.07) is 9.05. The Morgan fingerprint density at radius 2 is 1.95 bits per heavy atom. The zero-order chi connectivity index (χ0) is 15.9. The highest BCUT2D eigenvalue weighted by atomic mass is 79.9. The molecule has 0 heterocycles. The van der Waals surface area contributed by atoms with Gasteiger partial charge in [-0.2, -0.15) is 0 Å². The normalized spacial score (nSPS) is 14.7. The first-order valence-corrected chi connectivity index (χ1v) is 8.81. The molecule has 3 heteroatoms. The fourth-order valence-corrected chi connectivity index (χ4v) is 3.31. The number of hydrogen-bond donors (Lipinski definition) is 1. The van der Waals surface area contributed by atoms with E-state index in [0.29, 0.717) is 11.5 Å². The van der Waals surface area contributed by atoms with Crippen LogP contribution >= 0.6 is 15.9 Å². The molecule has 0 aliphatic carbocycles. The van der Waals surface area contributed by atoms with Crippen LogP contribution in [0.15, 0.2) is 28.7 Å². The average molecular weight is 355 g/mol. The SMILES string of the molecule is CCCC(C)(CNC(C)C)CN(C)Cc1ccccc1Br. The summed E-state index contributed by atoms with van der Waals surface area (Å²) in [4.78, 5) is 2.44. The van der Waals surface area contributed by atoms with E-state index >= 15 is 0 Å². The minimum atomic E-state index is 0.328. The summed E-state index contributed by atoms with van der Waals surface area (Å²) in [5, 5.41) is 3.62. The van der Waals surface area contributed by atoms with Gasteiger partial charge >= 0.3 is 0 Å². The van der Waals surface area contributed by atoms with Gasteiger partial charge in [-0.25, -0.2) is 0 Å². The highest BCUT2D eigenvalue weighted by molar-refractivity contribution is 9.10. The van der Waals surface area contributed by atoms with Crippen molar-refractivity contribution in [3.8, 4) is 0 Å². The van der Waals surface area contributed by atoms with Crippen LogP contribution in [0.4, 0.5) is 0 Å². The van der Waals surface area contributed by atoms with E-state index in [0.717, 1.165) is 19.6 Å². The molecule has 1 N–H and O–H groups in total. The fraction of sp³-hybridized carbons (Fsp3) is 0.667. The molecule has 120 valence electrons. The van der Waals surface area contributed by atoms with Gasteiger partial charge in [0.15, 0.2) is 0 Å². The van der Waals surface area contributed by atoms with E-state index in [1.807, 2.05) is 0 Å². The minimum absolute atomic E-state index is 0.328. The van der Waals surface area contributed by atoms with Crippen LogP contribution in [0.2, 0.25) is 0 Å². The molecule has 1 rings (SSSR count). The zero-order valence-electron chi connectivity index (χ0n) is 14.2. The van der Waals surface area contributed by atoms with Crippen molar-refractivity contribution in [2.45, 2.75) is 53.1 Å². The third-order valence-corrected chi connectivity index (χ3v) is 4.61. The predicted octanol–water partition coefficient (Wildman–Crippen LogP) is 4.69. The van der Waals surface area contributed by atoms with Gasteiger partial charge in [0.1, 0.15) is 0 Å². The standard InChI is InChI=1S/C18H31BrN2/c1-6-11-18(4,13-20-15(2)3)14-21(5)12-16-9-7-8-10-17(16)19/h7-10,15,20H,6,11-14H2,1-5H3. The molecule has 0 spiro atoms. The Bertz CT molecular complexity index is 419. The van der Waals surface area contributed by atoms with Crippen molar-refractivity contribution in [2.24, 2.45) is 5.41 Å². The number of rotatable bonds is 9. The molecular formula is C18H31BrN2. The molecule has 0 saturated carbocycles. The molecule has 0 aliphatic heterocycles. The Balaban J connectivity index is 2.63. The van der Waals surface area contributed by atoms with Crippen LogP contribution in [-0.2, 0) is 6.54 Å². The summed E-state index contributed by atoms with van der Waals surface area (Å²) >= 11 is 3.65. The maximum atomic E-state index is 3.65. The maximum absolute atomic E-state index is 3.65. The molecule has 1 unspecified atom stereocenters. The van der Waals surface area contributed by atoms with E-state index in [1.54, 1.807) is 0 Å². The molecule has 0 radical (unpaired) electrons. The van der Waals surface area contributed by atoms with Crippen molar-refractivity contribution in [3.63, 3.8) is 0 Å². The number of nitrogens with one attached hydrogen (secondary N) is 1. The van der Waals surface area contributed by atoms with Gasteiger partial charge in [0.05, 0.1) is 0 Å². The van der Waals surface area contributed by atoms with Gasteiger partial charge in [-0.15, -0.1) is 0 Å². The molecule has 0 bridgehead atoms. The summed E-state index contributed by atoms with van der Waals surface area (Å²) in [7, 11) is 2.22. The lowest BCUT2D eigenvalue weighted by atomic mass is 9.84. The van der Waals surface area contributed by atoms with Crippen molar-refractivity contribution >= 4 is 15.9 Å². The Kier molecular flexibility index (Phi) is 7.93. The molecule has 21 heavy (non-hydrogen) atoms. The van der Waals surface area contributed by atoms with E-state index < -0.39 is 0 Å². The molecular weight excluding hydrogens is 324 g/mol. The number of benzene rings is 1. The first-order valence-electron chi connectivity index (χ1n) is 8.01. The molecule has 0 aliphatic rings. The predicted molar refractivity (Wildman–Crippen MR) is 96.6 cm³/mol. The van der Waals surface area contributed by atoms with Gasteiger partial charge in [-0.3, -0.25) is 0 Å². The molecule has 0 amide bonds. The van der Waals surface area contributed by atoms with E-state index in [1.165, 1.54) is 22.9 Å². The highest BCUT2D eigenvalue weighted by Crippen LogP contribution is 2.25. The second-order valence-corrected chi connectivity index (χ2v) is 7.71. The van der Waals surface area contributed by atoms with Crippen molar-refractivity contribution in [2.75, 3.05) is 20.1 Å². The van der Waals surface area contributed by atoms with E-state index in [-0.39, 0.29) is 0 Å². The fourth-order valence-electron chi connectivity index (χ4n) is 2.90. The quantitative estimate of drug-likeness (QED) is 0.692. The number of hydrogen-bond acceptors (Lipinski definition) is 2. The van der Waals surface area contributed by atoms with Gasteiger partial charge in [-0.05, 0) is 30.5 Å². The van der Waals surface area contributed by atoms with Crippen LogP contribution in [0.1, 0.15) is 46.1 Å². The van der Waals surface area contributed by atoms with E-state index in [4.69, 9.17) is 0 Å². The van der Waals surface area contributed by atoms with Crippen LogP contribution < -0.4 is 5.32 Å². The van der Waals surface area contributed by atoms with Gasteiger partial charge in [0.2, 0.25) is 0 Å². The molecule has 2 nitrogen and oxygen atoms in total. The minimum Gasteiger partial charge on any atom is -0.314 e. The molecule has 1 aromatic rings. The van der Waals surface area contributed by atoms with Crippen molar-refractivity contribution < 1.29 is 0 Å². The molecule has 0 saturated heterocycles. The summed E-state index contributed by atoms with van der Waals surface area (Å²) < 4.78 is 1.20. The van der Waals surface area contributed by atoms with E-state index in [9.17, 15) is 0 Å². The van der Waals surface area contributed by atoms with Crippen LogP contribution in [0.25, 0.3) is 0 Å². The van der Waals surface area contributed by atoms with Crippen LogP contribution in [0.3, 0.4) is 0 Å². The topological polar surface area (TPSA) is 15.3 Å². The lowest BCUT2D eigenvalue weighted by Crippen LogP contribution is -2.42. The van der Waals surface area contributed by atoms with Gasteiger partial charge < -0.3 is 10.2 Å². The zero-order valence-corrected chi connectivity index (χ0v) is 15.8. The highest BCUT2D eigenvalue weighted by Gasteiger charge is 2.25. The van der Waals surface area contributed by atoms with Crippen molar-refractivity contribution in [1.82, 2.24) is 10.2 Å². The van der Waals surface area contributed by atoms with Crippen molar-refractivity contribution in [3.05, 3.63) is 34.3 Å². The van der Waals surface area contributed by atoms with Crippen LogP contribution in [0.5, 0.6) is 0 Å². The third-order valence-electron chi connectivity index (χ3n) is 3.84. The summed E-state index contributed by atoms with van der Waals surface area (Å²) in [6.07, 6.45) is 2.49. The molecule has 1 aromatic carbocycles. The third kappa shape index (κ3) is 6.94. The monoisotopic (exact) mass is 354 g/mol. The first kappa shape index (κ1) is 18.7. The molecule has 1 atom stereocenters. The second kappa shape index (κ2) is 8.92.